The van der Waals surface area contributed by atoms with Crippen LogP contribution in [0.3, 0.4) is 0 Å². The first kappa shape index (κ1) is 30.1. The highest BCUT2D eigenvalue weighted by molar-refractivity contribution is 5.89. The van der Waals surface area contributed by atoms with Crippen molar-refractivity contribution < 1.29 is 28.6 Å². The van der Waals surface area contributed by atoms with Gasteiger partial charge in [-0.05, 0) is 63.3 Å². The minimum absolute atomic E-state index is 0.0653. The quantitative estimate of drug-likeness (QED) is 0.256. The molecule has 1 fully saturated rings. The van der Waals surface area contributed by atoms with Gasteiger partial charge in [0.05, 0.1) is 25.2 Å². The number of aryl methyl sites for hydroxylation is 1. The summed E-state index contributed by atoms with van der Waals surface area (Å²) in [6, 6.07) is 15.6. The Balaban J connectivity index is 1.41. The molecule has 10 heteroatoms. The minimum Gasteiger partial charge on any atom is -0.461 e. The Labute approximate surface area is 252 Å². The van der Waals surface area contributed by atoms with Crippen molar-refractivity contribution >= 4 is 18.2 Å². The molecule has 2 heterocycles. The summed E-state index contributed by atoms with van der Waals surface area (Å²) in [7, 11) is 1.71. The molecule has 0 N–H and O–H groups in total. The van der Waals surface area contributed by atoms with Crippen LogP contribution in [0, 0.1) is 0 Å². The van der Waals surface area contributed by atoms with Crippen molar-refractivity contribution in [2.75, 3.05) is 19.8 Å². The Hall–Kier alpha value is -4.34. The van der Waals surface area contributed by atoms with E-state index in [1.54, 1.807) is 30.0 Å². The lowest BCUT2D eigenvalue weighted by Crippen LogP contribution is -2.48. The van der Waals surface area contributed by atoms with Crippen molar-refractivity contribution in [3.05, 3.63) is 77.1 Å². The van der Waals surface area contributed by atoms with Crippen LogP contribution in [0.1, 0.15) is 74.1 Å². The van der Waals surface area contributed by atoms with E-state index in [2.05, 4.69) is 29.4 Å². The summed E-state index contributed by atoms with van der Waals surface area (Å²) in [5.74, 6) is -0.661. The van der Waals surface area contributed by atoms with E-state index in [9.17, 15) is 14.4 Å². The molecule has 1 saturated heterocycles. The second-order valence-corrected chi connectivity index (χ2v) is 12.1. The van der Waals surface area contributed by atoms with Gasteiger partial charge in [0.2, 0.25) is 0 Å². The number of ether oxygens (including phenoxy) is 3. The van der Waals surface area contributed by atoms with Gasteiger partial charge < -0.3 is 19.1 Å². The average Bonchev–Trinajstić information content (AvgIpc) is 3.62. The molecule has 0 bridgehead atoms. The summed E-state index contributed by atoms with van der Waals surface area (Å²) in [4.78, 5) is 43.0. The number of carbonyl (C=O) groups is 3. The molecule has 10 nitrogen and oxygen atoms in total. The van der Waals surface area contributed by atoms with Gasteiger partial charge in [-0.15, -0.1) is 0 Å². The molecule has 1 aromatic heterocycles. The topological polar surface area (TPSA) is 103 Å². The van der Waals surface area contributed by atoms with E-state index < -0.39 is 23.8 Å². The average molecular weight is 589 g/mol. The minimum atomic E-state index is -0.647. The standard InChI is InChI=1S/C33H40N4O6/c1-7-41-30(38)29-22(18-35(6)34-29)19-37(28-16-17-36(21(28)2)32(40)43-33(3,4)5)31(39)42-20-27-25-14-10-8-12-23(25)24-13-9-11-15-26(24)27/h8-15,18,21,27-28H,7,16-17,19-20H2,1-6H3/t21-,28+/m1/s1. The molecule has 3 aromatic rings. The molecule has 2 atom stereocenters. The highest BCUT2D eigenvalue weighted by Gasteiger charge is 2.42. The first-order valence-electron chi connectivity index (χ1n) is 14.8. The third kappa shape index (κ3) is 6.23. The molecule has 0 saturated carbocycles. The zero-order valence-electron chi connectivity index (χ0n) is 25.7. The molecule has 2 amide bonds. The summed E-state index contributed by atoms with van der Waals surface area (Å²) in [5.41, 5.74) is 4.56. The van der Waals surface area contributed by atoms with E-state index in [-0.39, 0.29) is 43.5 Å². The predicted octanol–water partition coefficient (Wildman–Crippen LogP) is 5.75. The third-order valence-corrected chi connectivity index (χ3v) is 8.03. The molecule has 0 radical (unpaired) electrons. The fourth-order valence-electron chi connectivity index (χ4n) is 6.12. The molecule has 0 unspecified atom stereocenters. The maximum atomic E-state index is 14.0. The van der Waals surface area contributed by atoms with E-state index in [1.807, 2.05) is 52.0 Å². The molecule has 43 heavy (non-hydrogen) atoms. The fraction of sp³-hybridized carbons (Fsp3) is 0.455. The number of nitrogens with zero attached hydrogens (tertiary/aromatic N) is 4. The van der Waals surface area contributed by atoms with E-state index in [0.29, 0.717) is 18.5 Å². The Morgan fingerprint density at radius 3 is 2.23 bits per heavy atom. The third-order valence-electron chi connectivity index (χ3n) is 8.03. The number of fused-ring (bicyclic) bond motifs is 3. The maximum absolute atomic E-state index is 14.0. The second-order valence-electron chi connectivity index (χ2n) is 12.1. The zero-order chi connectivity index (χ0) is 30.9. The van der Waals surface area contributed by atoms with E-state index >= 15 is 0 Å². The van der Waals surface area contributed by atoms with Gasteiger partial charge >= 0.3 is 18.2 Å². The van der Waals surface area contributed by atoms with Gasteiger partial charge in [-0.1, -0.05) is 48.5 Å². The lowest BCUT2D eigenvalue weighted by molar-refractivity contribution is 0.0188. The second kappa shape index (κ2) is 12.1. The van der Waals surface area contributed by atoms with Crippen LogP contribution in [0.5, 0.6) is 0 Å². The van der Waals surface area contributed by atoms with Gasteiger partial charge in [0, 0.05) is 31.3 Å². The van der Waals surface area contributed by atoms with Crippen LogP contribution in [0.15, 0.2) is 54.7 Å². The van der Waals surface area contributed by atoms with Crippen molar-refractivity contribution in [1.82, 2.24) is 19.6 Å². The summed E-state index contributed by atoms with van der Waals surface area (Å²) < 4.78 is 18.5. The van der Waals surface area contributed by atoms with E-state index in [1.165, 1.54) is 4.68 Å². The van der Waals surface area contributed by atoms with Crippen LogP contribution >= 0.6 is 0 Å². The Kier molecular flexibility index (Phi) is 8.48. The largest absolute Gasteiger partial charge is 0.461 e. The Bertz CT molecular complexity index is 1460. The van der Waals surface area contributed by atoms with Crippen molar-refractivity contribution in [3.63, 3.8) is 0 Å². The van der Waals surface area contributed by atoms with E-state index in [4.69, 9.17) is 14.2 Å². The number of amides is 2. The van der Waals surface area contributed by atoms with Crippen LogP contribution in [0.2, 0.25) is 0 Å². The first-order valence-corrected chi connectivity index (χ1v) is 14.8. The number of likely N-dealkylation sites (tertiary alicyclic amines) is 1. The van der Waals surface area contributed by atoms with Crippen LogP contribution in [-0.4, -0.2) is 75.2 Å². The van der Waals surface area contributed by atoms with E-state index in [0.717, 1.165) is 22.3 Å². The van der Waals surface area contributed by atoms with Gasteiger partial charge in [0.1, 0.15) is 12.2 Å². The number of carbonyl (C=O) groups excluding carboxylic acids is 3. The van der Waals surface area contributed by atoms with Gasteiger partial charge in [-0.3, -0.25) is 9.58 Å². The Morgan fingerprint density at radius 1 is 1.00 bits per heavy atom. The van der Waals surface area contributed by atoms with Crippen LogP contribution < -0.4 is 0 Å². The number of benzene rings is 2. The maximum Gasteiger partial charge on any atom is 0.410 e. The normalized spacial score (nSPS) is 17.8. The highest BCUT2D eigenvalue weighted by Crippen LogP contribution is 2.44. The summed E-state index contributed by atoms with van der Waals surface area (Å²) >= 11 is 0. The van der Waals surface area contributed by atoms with Crippen LogP contribution in [-0.2, 0) is 27.8 Å². The summed E-state index contributed by atoms with van der Waals surface area (Å²) in [5, 5.41) is 4.31. The number of esters is 1. The molecular weight excluding hydrogens is 548 g/mol. The number of hydrogen-bond acceptors (Lipinski definition) is 7. The van der Waals surface area contributed by atoms with Gasteiger partial charge in [0.15, 0.2) is 5.69 Å². The number of aromatic nitrogens is 2. The fourth-order valence-corrected chi connectivity index (χ4v) is 6.12. The molecular formula is C33H40N4O6. The number of hydrogen-bond donors (Lipinski definition) is 0. The first-order chi connectivity index (χ1) is 20.5. The predicted molar refractivity (Wildman–Crippen MR) is 161 cm³/mol. The van der Waals surface area contributed by atoms with Crippen molar-refractivity contribution in [1.29, 1.82) is 0 Å². The SMILES string of the molecule is CCOC(=O)c1nn(C)cc1CN(C(=O)OCC1c2ccccc2-c2ccccc21)[C@H]1CCN(C(=O)OC(C)(C)C)[C@@H]1C. The van der Waals surface area contributed by atoms with Crippen LogP contribution in [0.4, 0.5) is 9.59 Å². The van der Waals surface area contributed by atoms with Gasteiger partial charge in [-0.25, -0.2) is 14.4 Å². The number of rotatable bonds is 7. The summed E-state index contributed by atoms with van der Waals surface area (Å²) in [6.07, 6.45) is 1.29. The zero-order valence-corrected chi connectivity index (χ0v) is 25.7. The van der Waals surface area contributed by atoms with Gasteiger partial charge in [0.25, 0.3) is 0 Å². The van der Waals surface area contributed by atoms with Crippen molar-refractivity contribution in [3.8, 4) is 11.1 Å². The smallest absolute Gasteiger partial charge is 0.410 e. The molecule has 5 rings (SSSR count). The monoisotopic (exact) mass is 588 g/mol. The van der Waals surface area contributed by atoms with Crippen molar-refractivity contribution in [2.45, 2.75) is 71.2 Å². The molecule has 0 spiro atoms. The molecule has 1 aliphatic heterocycles. The molecule has 2 aromatic carbocycles. The van der Waals surface area contributed by atoms with Crippen molar-refractivity contribution in [2.24, 2.45) is 7.05 Å². The van der Waals surface area contributed by atoms with Gasteiger partial charge in [-0.2, -0.15) is 5.10 Å². The van der Waals surface area contributed by atoms with Crippen LogP contribution in [0.25, 0.3) is 11.1 Å². The Morgan fingerprint density at radius 2 is 1.63 bits per heavy atom. The summed E-state index contributed by atoms with van der Waals surface area (Å²) in [6.45, 7) is 9.95. The molecule has 2 aliphatic rings. The lowest BCUT2D eigenvalue weighted by Gasteiger charge is -2.33. The lowest BCUT2D eigenvalue weighted by atomic mass is 9.98. The molecule has 1 aliphatic carbocycles. The molecule has 228 valence electrons. The highest BCUT2D eigenvalue weighted by atomic mass is 16.6.